The lowest BCUT2D eigenvalue weighted by Gasteiger charge is -2.09. The average molecular weight is 314 g/mol. The van der Waals surface area contributed by atoms with Crippen LogP contribution in [0.2, 0.25) is 10.2 Å². The van der Waals surface area contributed by atoms with Gasteiger partial charge in [-0.3, -0.25) is 4.79 Å². The summed E-state index contributed by atoms with van der Waals surface area (Å²) < 4.78 is 4.93. The van der Waals surface area contributed by atoms with Gasteiger partial charge in [0.1, 0.15) is 11.3 Å². The first-order valence-corrected chi connectivity index (χ1v) is 6.13. The molecule has 2 N–H and O–H groups in total. The second-order valence-corrected chi connectivity index (χ2v) is 4.37. The maximum atomic E-state index is 12.1. The summed E-state index contributed by atoms with van der Waals surface area (Å²) in [6.45, 7) is 0. The van der Waals surface area contributed by atoms with Gasteiger partial charge in [0.2, 0.25) is 0 Å². The number of nitrogens with zero attached hydrogens (tertiary/aromatic N) is 2. The second kappa shape index (κ2) is 5.94. The van der Waals surface area contributed by atoms with Crippen LogP contribution in [0.5, 0.6) is 11.5 Å². The monoisotopic (exact) mass is 313 g/mol. The molecule has 0 saturated carbocycles. The number of benzene rings is 1. The minimum Gasteiger partial charge on any atom is -0.504 e. The number of carbonyl (C=O) groups is 1. The minimum atomic E-state index is -0.599. The van der Waals surface area contributed by atoms with Gasteiger partial charge in [-0.25, -0.2) is 9.97 Å². The van der Waals surface area contributed by atoms with Gasteiger partial charge in [-0.05, 0) is 12.1 Å². The molecule has 0 fully saturated rings. The van der Waals surface area contributed by atoms with Gasteiger partial charge in [0, 0.05) is 0 Å². The third-order valence-electron chi connectivity index (χ3n) is 2.44. The number of carbonyl (C=O) groups excluding carboxylic acids is 1. The minimum absolute atomic E-state index is 0.0184. The molecule has 1 aromatic heterocycles. The normalized spacial score (nSPS) is 10.2. The zero-order valence-electron chi connectivity index (χ0n) is 10.2. The Kier molecular flexibility index (Phi) is 4.26. The molecule has 0 aliphatic rings. The number of rotatable bonds is 3. The van der Waals surface area contributed by atoms with Gasteiger partial charge in [0.15, 0.2) is 22.5 Å². The van der Waals surface area contributed by atoms with Crippen LogP contribution in [0.25, 0.3) is 0 Å². The van der Waals surface area contributed by atoms with Crippen LogP contribution in [0, 0.1) is 0 Å². The fraction of sp³-hybridized carbons (Fsp3) is 0.0833. The number of para-hydroxylation sites is 1. The van der Waals surface area contributed by atoms with Crippen LogP contribution in [0.15, 0.2) is 24.5 Å². The quantitative estimate of drug-likeness (QED) is 0.851. The van der Waals surface area contributed by atoms with Crippen molar-refractivity contribution in [3.05, 3.63) is 40.3 Å². The van der Waals surface area contributed by atoms with E-state index in [0.717, 1.165) is 6.33 Å². The molecular weight excluding hydrogens is 305 g/mol. The fourth-order valence-electron chi connectivity index (χ4n) is 1.48. The van der Waals surface area contributed by atoms with Crippen molar-refractivity contribution in [1.29, 1.82) is 0 Å². The number of hydrogen-bond donors (Lipinski definition) is 2. The number of aromatic nitrogens is 2. The first-order chi connectivity index (χ1) is 9.54. The Bertz CT molecular complexity index is 664. The van der Waals surface area contributed by atoms with E-state index < -0.39 is 5.91 Å². The Balaban J connectivity index is 2.31. The fourth-order valence-corrected chi connectivity index (χ4v) is 1.76. The first kappa shape index (κ1) is 14.4. The molecule has 0 saturated heterocycles. The van der Waals surface area contributed by atoms with Gasteiger partial charge >= 0.3 is 0 Å². The summed E-state index contributed by atoms with van der Waals surface area (Å²) in [5.74, 6) is -0.634. The van der Waals surface area contributed by atoms with Gasteiger partial charge in [0.05, 0.1) is 12.7 Å². The molecule has 1 heterocycles. The van der Waals surface area contributed by atoms with Gasteiger partial charge in [-0.15, -0.1) is 0 Å². The molecule has 1 aromatic carbocycles. The number of ether oxygens (including phenoxy) is 1. The van der Waals surface area contributed by atoms with Crippen LogP contribution in [-0.2, 0) is 0 Å². The summed E-state index contributed by atoms with van der Waals surface area (Å²) in [4.78, 5) is 19.5. The van der Waals surface area contributed by atoms with E-state index in [-0.39, 0.29) is 33.1 Å². The lowest BCUT2D eigenvalue weighted by molar-refractivity contribution is 0.102. The van der Waals surface area contributed by atoms with Crippen molar-refractivity contribution in [3.63, 3.8) is 0 Å². The topological polar surface area (TPSA) is 84.3 Å². The average Bonchev–Trinajstić information content (AvgIpc) is 2.44. The maximum Gasteiger partial charge on any atom is 0.260 e. The highest BCUT2D eigenvalue weighted by atomic mass is 35.5. The van der Waals surface area contributed by atoms with Crippen molar-refractivity contribution in [2.24, 2.45) is 0 Å². The standard InChI is InChI=1S/C12H9Cl2N3O3/c1-20-7-4-2-3-6(9(7)18)12(19)17-11-8(13)10(14)15-5-16-11/h2-5,18H,1H3,(H,15,16,17,19). The molecule has 0 spiro atoms. The van der Waals surface area contributed by atoms with Gasteiger partial charge in [-0.2, -0.15) is 0 Å². The van der Waals surface area contributed by atoms with E-state index in [2.05, 4.69) is 15.3 Å². The maximum absolute atomic E-state index is 12.1. The zero-order chi connectivity index (χ0) is 14.7. The lowest BCUT2D eigenvalue weighted by Crippen LogP contribution is -2.14. The number of hydrogen-bond acceptors (Lipinski definition) is 5. The lowest BCUT2D eigenvalue weighted by atomic mass is 10.1. The molecule has 0 unspecified atom stereocenters. The summed E-state index contributed by atoms with van der Waals surface area (Å²) in [5.41, 5.74) is 0.0233. The smallest absolute Gasteiger partial charge is 0.260 e. The first-order valence-electron chi connectivity index (χ1n) is 5.38. The molecule has 104 valence electrons. The van der Waals surface area contributed by atoms with Gasteiger partial charge < -0.3 is 15.2 Å². The number of halogens is 2. The van der Waals surface area contributed by atoms with E-state index in [1.165, 1.54) is 19.2 Å². The van der Waals surface area contributed by atoms with Crippen LogP contribution in [-0.4, -0.2) is 28.1 Å². The Morgan fingerprint density at radius 3 is 2.80 bits per heavy atom. The Hall–Kier alpha value is -2.05. The molecule has 0 radical (unpaired) electrons. The van der Waals surface area contributed by atoms with Crippen molar-refractivity contribution in [2.75, 3.05) is 12.4 Å². The van der Waals surface area contributed by atoms with E-state index in [1.807, 2.05) is 0 Å². The number of amides is 1. The molecule has 6 nitrogen and oxygen atoms in total. The molecule has 2 rings (SSSR count). The molecule has 0 aliphatic carbocycles. The third-order valence-corrected chi connectivity index (χ3v) is 3.18. The number of anilines is 1. The van der Waals surface area contributed by atoms with Crippen molar-refractivity contribution < 1.29 is 14.6 Å². The van der Waals surface area contributed by atoms with Crippen molar-refractivity contribution in [2.45, 2.75) is 0 Å². The number of phenols is 1. The summed E-state index contributed by atoms with van der Waals surface area (Å²) in [6, 6.07) is 4.53. The van der Waals surface area contributed by atoms with Crippen LogP contribution in [0.3, 0.4) is 0 Å². The van der Waals surface area contributed by atoms with Crippen molar-refractivity contribution in [3.8, 4) is 11.5 Å². The molecule has 2 aromatic rings. The summed E-state index contributed by atoms with van der Waals surface area (Å²) >= 11 is 11.6. The van der Waals surface area contributed by atoms with Crippen LogP contribution in [0.1, 0.15) is 10.4 Å². The molecule has 0 atom stereocenters. The second-order valence-electron chi connectivity index (χ2n) is 3.64. The van der Waals surface area contributed by atoms with Crippen LogP contribution >= 0.6 is 23.2 Å². The predicted molar refractivity (Wildman–Crippen MR) is 74.7 cm³/mol. The van der Waals surface area contributed by atoms with Crippen LogP contribution in [0.4, 0.5) is 5.82 Å². The highest BCUT2D eigenvalue weighted by Crippen LogP contribution is 2.31. The SMILES string of the molecule is COc1cccc(C(=O)Nc2ncnc(Cl)c2Cl)c1O. The third kappa shape index (κ3) is 2.76. The molecule has 1 amide bonds. The van der Waals surface area contributed by atoms with E-state index in [0.29, 0.717) is 0 Å². The molecular formula is C12H9Cl2N3O3. The Morgan fingerprint density at radius 2 is 2.10 bits per heavy atom. The van der Waals surface area contributed by atoms with E-state index >= 15 is 0 Å². The molecule has 0 aliphatic heterocycles. The molecule has 0 bridgehead atoms. The van der Waals surface area contributed by atoms with E-state index in [9.17, 15) is 9.90 Å². The largest absolute Gasteiger partial charge is 0.504 e. The van der Waals surface area contributed by atoms with E-state index in [1.54, 1.807) is 6.07 Å². The Labute approximate surface area is 124 Å². The number of nitrogens with one attached hydrogen (secondary N) is 1. The highest BCUT2D eigenvalue weighted by Gasteiger charge is 2.17. The summed E-state index contributed by atoms with van der Waals surface area (Å²) in [6.07, 6.45) is 1.16. The zero-order valence-corrected chi connectivity index (χ0v) is 11.7. The van der Waals surface area contributed by atoms with Gasteiger partial charge in [-0.1, -0.05) is 29.3 Å². The van der Waals surface area contributed by atoms with Crippen molar-refractivity contribution >= 4 is 34.9 Å². The summed E-state index contributed by atoms with van der Waals surface area (Å²) in [5, 5.41) is 12.4. The van der Waals surface area contributed by atoms with Crippen LogP contribution < -0.4 is 10.1 Å². The Morgan fingerprint density at radius 1 is 1.35 bits per heavy atom. The molecule has 8 heteroatoms. The highest BCUT2D eigenvalue weighted by molar-refractivity contribution is 6.43. The number of methoxy groups -OCH3 is 1. The van der Waals surface area contributed by atoms with E-state index in [4.69, 9.17) is 27.9 Å². The summed E-state index contributed by atoms with van der Waals surface area (Å²) in [7, 11) is 1.39. The number of phenolic OH excluding ortho intramolecular Hbond substituents is 1. The number of aromatic hydroxyl groups is 1. The van der Waals surface area contributed by atoms with Gasteiger partial charge in [0.25, 0.3) is 5.91 Å². The molecule has 20 heavy (non-hydrogen) atoms. The predicted octanol–water partition coefficient (Wildman–Crippen LogP) is 2.75. The van der Waals surface area contributed by atoms with Crippen molar-refractivity contribution in [1.82, 2.24) is 9.97 Å².